The first-order valence-electron chi connectivity index (χ1n) is 2.97. The zero-order valence-electron chi connectivity index (χ0n) is 6.00. The summed E-state index contributed by atoms with van der Waals surface area (Å²) in [5, 5.41) is 4.76. The maximum atomic E-state index is 11.0. The Kier molecular flexibility index (Phi) is 2.62. The number of aryl methyl sites for hydroxylation is 1. The zero-order chi connectivity index (χ0) is 8.43. The number of allylic oxidation sites excluding steroid dienone is 1. The maximum Gasteiger partial charge on any atom is 0.325 e. The second kappa shape index (κ2) is 3.32. The highest BCUT2D eigenvalue weighted by Gasteiger charge is 2.01. The molecule has 0 aliphatic carbocycles. The zero-order valence-corrected chi connectivity index (χ0v) is 8.41. The van der Waals surface area contributed by atoms with Gasteiger partial charge in [-0.2, -0.15) is 5.10 Å². The Balaban J connectivity index is 2.95. The normalized spacial score (nSPS) is 10.0. The van der Waals surface area contributed by atoms with Gasteiger partial charge >= 0.3 is 4.87 Å². The molecule has 1 aromatic heterocycles. The number of hydrogen-bond donors (Lipinski definition) is 0. The summed E-state index contributed by atoms with van der Waals surface area (Å²) in [6.45, 7) is 5.88. The molecule has 1 heterocycles. The Hall–Kier alpha value is -0.420. The van der Waals surface area contributed by atoms with Crippen LogP contribution in [0.4, 0.5) is 0 Å². The fourth-order valence-corrected chi connectivity index (χ4v) is 1.51. The molecular formula is C6H7BrN2OS. The minimum absolute atomic E-state index is 0.0388. The number of rotatable bonds is 2. The lowest BCUT2D eigenvalue weighted by atomic mass is 10.6. The summed E-state index contributed by atoms with van der Waals surface area (Å²) in [5.74, 6) is 0. The SMILES string of the molecule is C=C(Br)Cn1nc(C)sc1=O. The Bertz CT molecular complexity index is 328. The largest absolute Gasteiger partial charge is 0.325 e. The Morgan fingerprint density at radius 1 is 1.91 bits per heavy atom. The second-order valence-electron chi connectivity index (χ2n) is 2.06. The van der Waals surface area contributed by atoms with Crippen LogP contribution in [0.15, 0.2) is 15.9 Å². The third kappa shape index (κ3) is 2.27. The standard InChI is InChI=1S/C6H7BrN2OS/c1-4(7)3-9-6(10)11-5(2)8-9/h1,3H2,2H3. The van der Waals surface area contributed by atoms with E-state index in [1.165, 1.54) is 4.68 Å². The quantitative estimate of drug-likeness (QED) is 0.778. The molecule has 0 atom stereocenters. The van der Waals surface area contributed by atoms with Crippen molar-refractivity contribution < 1.29 is 0 Å². The first-order valence-corrected chi connectivity index (χ1v) is 4.58. The first kappa shape index (κ1) is 8.67. The predicted molar refractivity (Wildman–Crippen MR) is 49.2 cm³/mol. The Morgan fingerprint density at radius 3 is 2.91 bits per heavy atom. The predicted octanol–water partition coefficient (Wildman–Crippen LogP) is 1.52. The highest BCUT2D eigenvalue weighted by atomic mass is 79.9. The van der Waals surface area contributed by atoms with E-state index in [-0.39, 0.29) is 4.87 Å². The molecule has 0 aliphatic rings. The van der Waals surface area contributed by atoms with E-state index in [1.807, 2.05) is 0 Å². The molecule has 3 nitrogen and oxygen atoms in total. The van der Waals surface area contributed by atoms with Crippen molar-refractivity contribution in [2.24, 2.45) is 0 Å². The molecular weight excluding hydrogens is 228 g/mol. The molecule has 0 saturated carbocycles. The van der Waals surface area contributed by atoms with Crippen molar-refractivity contribution in [3.63, 3.8) is 0 Å². The third-order valence-electron chi connectivity index (χ3n) is 1.03. The van der Waals surface area contributed by atoms with E-state index in [1.54, 1.807) is 6.92 Å². The molecule has 0 saturated heterocycles. The molecule has 11 heavy (non-hydrogen) atoms. The van der Waals surface area contributed by atoms with Gasteiger partial charge in [-0.05, 0) is 6.92 Å². The van der Waals surface area contributed by atoms with Gasteiger partial charge in [0.25, 0.3) is 0 Å². The molecule has 1 aromatic rings. The lowest BCUT2D eigenvalue weighted by molar-refractivity contribution is 0.669. The maximum absolute atomic E-state index is 11.0. The number of nitrogens with zero attached hydrogens (tertiary/aromatic N) is 2. The van der Waals surface area contributed by atoms with E-state index in [4.69, 9.17) is 0 Å². The third-order valence-corrected chi connectivity index (χ3v) is 2.04. The summed E-state index contributed by atoms with van der Waals surface area (Å²) >= 11 is 4.31. The van der Waals surface area contributed by atoms with Crippen LogP contribution in [0, 0.1) is 6.92 Å². The molecule has 0 amide bonds. The van der Waals surface area contributed by atoms with Crippen LogP contribution >= 0.6 is 27.3 Å². The molecule has 0 fully saturated rings. The minimum Gasteiger partial charge on any atom is -0.255 e. The van der Waals surface area contributed by atoms with Crippen LogP contribution in [-0.4, -0.2) is 9.78 Å². The molecule has 0 bridgehead atoms. The topological polar surface area (TPSA) is 34.9 Å². The van der Waals surface area contributed by atoms with E-state index in [9.17, 15) is 4.79 Å². The molecule has 5 heteroatoms. The second-order valence-corrected chi connectivity index (χ2v) is 4.33. The molecule has 0 aliphatic heterocycles. The van der Waals surface area contributed by atoms with Crippen molar-refractivity contribution in [1.82, 2.24) is 9.78 Å². The van der Waals surface area contributed by atoms with Crippen LogP contribution in [-0.2, 0) is 6.54 Å². The van der Waals surface area contributed by atoms with Crippen molar-refractivity contribution in [3.05, 3.63) is 25.7 Å². The van der Waals surface area contributed by atoms with Crippen molar-refractivity contribution in [1.29, 1.82) is 0 Å². The van der Waals surface area contributed by atoms with E-state index in [0.717, 1.165) is 20.8 Å². The van der Waals surface area contributed by atoms with Gasteiger partial charge in [0.15, 0.2) is 0 Å². The van der Waals surface area contributed by atoms with Crippen LogP contribution in [0.1, 0.15) is 5.01 Å². The van der Waals surface area contributed by atoms with Crippen molar-refractivity contribution in [2.45, 2.75) is 13.5 Å². The van der Waals surface area contributed by atoms with Gasteiger partial charge in [-0.3, -0.25) is 4.79 Å². The van der Waals surface area contributed by atoms with Gasteiger partial charge in [-0.25, -0.2) is 4.68 Å². The van der Waals surface area contributed by atoms with E-state index >= 15 is 0 Å². The van der Waals surface area contributed by atoms with Gasteiger partial charge in [0.05, 0.1) is 6.54 Å². The van der Waals surface area contributed by atoms with Crippen molar-refractivity contribution in [3.8, 4) is 0 Å². The van der Waals surface area contributed by atoms with Crippen LogP contribution in [0.25, 0.3) is 0 Å². The highest BCUT2D eigenvalue weighted by Crippen LogP contribution is 2.03. The molecule has 0 radical (unpaired) electrons. The van der Waals surface area contributed by atoms with Crippen LogP contribution in [0.3, 0.4) is 0 Å². The fourth-order valence-electron chi connectivity index (χ4n) is 0.673. The van der Waals surface area contributed by atoms with Gasteiger partial charge in [0.2, 0.25) is 0 Å². The van der Waals surface area contributed by atoms with Gasteiger partial charge in [-0.15, -0.1) is 0 Å². The van der Waals surface area contributed by atoms with Crippen LogP contribution in [0.2, 0.25) is 0 Å². The summed E-state index contributed by atoms with van der Waals surface area (Å²) in [6, 6.07) is 0. The van der Waals surface area contributed by atoms with Gasteiger partial charge in [0, 0.05) is 4.48 Å². The Morgan fingerprint density at radius 2 is 2.55 bits per heavy atom. The summed E-state index contributed by atoms with van der Waals surface area (Å²) in [5.41, 5.74) is 0. The molecule has 1 rings (SSSR count). The van der Waals surface area contributed by atoms with Crippen molar-refractivity contribution >= 4 is 27.3 Å². The Labute approximate surface area is 76.5 Å². The average molecular weight is 235 g/mol. The molecule has 60 valence electrons. The van der Waals surface area contributed by atoms with Gasteiger partial charge in [-0.1, -0.05) is 33.8 Å². The van der Waals surface area contributed by atoms with Gasteiger partial charge < -0.3 is 0 Å². The summed E-state index contributed by atoms with van der Waals surface area (Å²) in [7, 11) is 0. The van der Waals surface area contributed by atoms with Crippen molar-refractivity contribution in [2.75, 3.05) is 0 Å². The summed E-state index contributed by atoms with van der Waals surface area (Å²) in [6.07, 6.45) is 0. The van der Waals surface area contributed by atoms with E-state index < -0.39 is 0 Å². The van der Waals surface area contributed by atoms with Gasteiger partial charge in [0.1, 0.15) is 5.01 Å². The molecule has 0 N–H and O–H groups in total. The number of halogens is 1. The number of hydrogen-bond acceptors (Lipinski definition) is 3. The number of aromatic nitrogens is 2. The average Bonchev–Trinajstić information content (AvgIpc) is 2.09. The van der Waals surface area contributed by atoms with Crippen LogP contribution < -0.4 is 4.87 Å². The summed E-state index contributed by atoms with van der Waals surface area (Å²) in [4.78, 5) is 11.0. The minimum atomic E-state index is -0.0388. The highest BCUT2D eigenvalue weighted by molar-refractivity contribution is 9.11. The van der Waals surface area contributed by atoms with E-state index in [0.29, 0.717) is 6.54 Å². The molecule has 0 unspecified atom stereocenters. The molecule has 0 aromatic carbocycles. The lowest BCUT2D eigenvalue weighted by Crippen LogP contribution is -2.14. The van der Waals surface area contributed by atoms with Crippen LogP contribution in [0.5, 0.6) is 0 Å². The first-order chi connectivity index (χ1) is 5.09. The smallest absolute Gasteiger partial charge is 0.255 e. The molecule has 0 spiro atoms. The fraction of sp³-hybridized carbons (Fsp3) is 0.333. The lowest BCUT2D eigenvalue weighted by Gasteiger charge is -1.94. The summed E-state index contributed by atoms with van der Waals surface area (Å²) < 4.78 is 2.14. The monoisotopic (exact) mass is 234 g/mol. The van der Waals surface area contributed by atoms with E-state index in [2.05, 4.69) is 27.6 Å².